The van der Waals surface area contributed by atoms with Gasteiger partial charge in [0, 0.05) is 6.54 Å². The van der Waals surface area contributed by atoms with E-state index in [9.17, 15) is 9.90 Å². The molecule has 4 heteroatoms. The molecular weight excluding hydrogens is 314 g/mol. The number of hydrogen-bond donors (Lipinski definition) is 2. The molecule has 2 aromatic carbocycles. The van der Waals surface area contributed by atoms with Crippen molar-refractivity contribution in [2.24, 2.45) is 0 Å². The van der Waals surface area contributed by atoms with Gasteiger partial charge in [0.15, 0.2) is 0 Å². The summed E-state index contributed by atoms with van der Waals surface area (Å²) in [7, 11) is 0. The standard InChI is InChI=1S/C21H23NO3/c1-15-6-5-7-16(14-15)10-11-21(2)19(22-12-13-25-21)17-8-3-4-9-18(17)20(23)24/h3-11,14,19,22H,12-13H2,1-2H3,(H,23,24). The molecule has 1 fully saturated rings. The smallest absolute Gasteiger partial charge is 0.336 e. The lowest BCUT2D eigenvalue weighted by molar-refractivity contribution is -0.0505. The minimum atomic E-state index is -0.923. The fourth-order valence-corrected chi connectivity index (χ4v) is 3.30. The Morgan fingerprint density at radius 2 is 2.08 bits per heavy atom. The average Bonchev–Trinajstić information content (AvgIpc) is 2.60. The molecular formula is C21H23NO3. The van der Waals surface area contributed by atoms with Crippen LogP contribution in [-0.2, 0) is 4.74 Å². The molecule has 2 unspecified atom stereocenters. The summed E-state index contributed by atoms with van der Waals surface area (Å²) < 4.78 is 6.08. The molecule has 4 nitrogen and oxygen atoms in total. The highest BCUT2D eigenvalue weighted by atomic mass is 16.5. The highest BCUT2D eigenvalue weighted by molar-refractivity contribution is 5.89. The first-order valence-electron chi connectivity index (χ1n) is 8.45. The second kappa shape index (κ2) is 7.21. The van der Waals surface area contributed by atoms with Gasteiger partial charge in [-0.1, -0.05) is 60.2 Å². The van der Waals surface area contributed by atoms with Crippen molar-refractivity contribution in [2.75, 3.05) is 13.2 Å². The zero-order valence-electron chi connectivity index (χ0n) is 14.5. The van der Waals surface area contributed by atoms with Gasteiger partial charge >= 0.3 is 5.97 Å². The van der Waals surface area contributed by atoms with Crippen molar-refractivity contribution in [3.63, 3.8) is 0 Å². The van der Waals surface area contributed by atoms with Crippen LogP contribution in [-0.4, -0.2) is 29.8 Å². The Bertz CT molecular complexity index is 799. The second-order valence-corrected chi connectivity index (χ2v) is 6.56. The first-order valence-corrected chi connectivity index (χ1v) is 8.45. The van der Waals surface area contributed by atoms with Gasteiger partial charge < -0.3 is 15.2 Å². The fourth-order valence-electron chi connectivity index (χ4n) is 3.30. The summed E-state index contributed by atoms with van der Waals surface area (Å²) in [6.45, 7) is 5.32. The van der Waals surface area contributed by atoms with Gasteiger partial charge in [0.25, 0.3) is 0 Å². The third-order valence-electron chi connectivity index (χ3n) is 4.59. The summed E-state index contributed by atoms with van der Waals surface area (Å²) in [6.07, 6.45) is 4.06. The van der Waals surface area contributed by atoms with Gasteiger partial charge in [0.2, 0.25) is 0 Å². The van der Waals surface area contributed by atoms with Gasteiger partial charge in [0.05, 0.1) is 18.2 Å². The van der Waals surface area contributed by atoms with Gasteiger partial charge in [0.1, 0.15) is 5.60 Å². The van der Waals surface area contributed by atoms with Crippen molar-refractivity contribution in [3.05, 3.63) is 76.9 Å². The van der Waals surface area contributed by atoms with Crippen LogP contribution < -0.4 is 5.32 Å². The molecule has 2 atom stereocenters. The second-order valence-electron chi connectivity index (χ2n) is 6.56. The van der Waals surface area contributed by atoms with Crippen LogP contribution in [0.15, 0.2) is 54.6 Å². The van der Waals surface area contributed by atoms with E-state index in [2.05, 4.69) is 24.4 Å². The number of benzene rings is 2. The first-order chi connectivity index (χ1) is 12.0. The Morgan fingerprint density at radius 1 is 1.28 bits per heavy atom. The van der Waals surface area contributed by atoms with Crippen LogP contribution in [0.1, 0.15) is 40.0 Å². The van der Waals surface area contributed by atoms with Crippen LogP contribution in [0.2, 0.25) is 0 Å². The van der Waals surface area contributed by atoms with E-state index in [1.807, 2.05) is 43.3 Å². The van der Waals surface area contributed by atoms with Crippen LogP contribution in [0.4, 0.5) is 0 Å². The number of ether oxygens (including phenoxy) is 1. The molecule has 0 radical (unpaired) electrons. The molecule has 0 aliphatic carbocycles. The summed E-state index contributed by atoms with van der Waals surface area (Å²) in [6, 6.07) is 15.1. The molecule has 3 rings (SSSR count). The quantitative estimate of drug-likeness (QED) is 0.890. The Kier molecular flexibility index (Phi) is 5.02. The lowest BCUT2D eigenvalue weighted by atomic mass is 9.85. The number of carboxylic acid groups (broad SMARTS) is 1. The van der Waals surface area contributed by atoms with Gasteiger partial charge in [-0.3, -0.25) is 0 Å². The van der Waals surface area contributed by atoms with Crippen molar-refractivity contribution in [3.8, 4) is 0 Å². The van der Waals surface area contributed by atoms with Gasteiger partial charge in [-0.15, -0.1) is 0 Å². The van der Waals surface area contributed by atoms with Crippen LogP contribution in [0.5, 0.6) is 0 Å². The monoisotopic (exact) mass is 337 g/mol. The first kappa shape index (κ1) is 17.4. The fraction of sp³-hybridized carbons (Fsp3) is 0.286. The van der Waals surface area contributed by atoms with E-state index >= 15 is 0 Å². The highest BCUT2D eigenvalue weighted by Gasteiger charge is 2.38. The van der Waals surface area contributed by atoms with Crippen molar-refractivity contribution in [1.29, 1.82) is 0 Å². The molecule has 0 bridgehead atoms. The third kappa shape index (κ3) is 3.81. The Hall–Kier alpha value is -2.43. The zero-order chi connectivity index (χ0) is 17.9. The maximum absolute atomic E-state index is 11.6. The van der Waals surface area contributed by atoms with E-state index in [0.29, 0.717) is 18.7 Å². The number of aromatic carboxylic acids is 1. The molecule has 0 amide bonds. The Balaban J connectivity index is 1.96. The van der Waals surface area contributed by atoms with E-state index in [1.165, 1.54) is 5.56 Å². The van der Waals surface area contributed by atoms with Gasteiger partial charge in [-0.25, -0.2) is 4.79 Å². The van der Waals surface area contributed by atoms with Crippen molar-refractivity contribution in [2.45, 2.75) is 25.5 Å². The molecule has 1 saturated heterocycles. The average molecular weight is 337 g/mol. The Labute approximate surface area is 148 Å². The molecule has 25 heavy (non-hydrogen) atoms. The van der Waals surface area contributed by atoms with E-state index < -0.39 is 11.6 Å². The molecule has 1 aliphatic rings. The number of rotatable bonds is 4. The van der Waals surface area contributed by atoms with E-state index in [-0.39, 0.29) is 6.04 Å². The van der Waals surface area contributed by atoms with Crippen LogP contribution in [0.25, 0.3) is 6.08 Å². The number of hydrogen-bond acceptors (Lipinski definition) is 3. The number of nitrogens with one attached hydrogen (secondary N) is 1. The lowest BCUT2D eigenvalue weighted by Crippen LogP contribution is -2.49. The van der Waals surface area contributed by atoms with Gasteiger partial charge in [-0.05, 0) is 31.0 Å². The molecule has 0 spiro atoms. The maximum Gasteiger partial charge on any atom is 0.336 e. The van der Waals surface area contributed by atoms with E-state index in [4.69, 9.17) is 4.74 Å². The summed E-state index contributed by atoms with van der Waals surface area (Å²) in [5, 5.41) is 12.9. The summed E-state index contributed by atoms with van der Waals surface area (Å²) in [4.78, 5) is 11.6. The zero-order valence-corrected chi connectivity index (χ0v) is 14.5. The summed E-state index contributed by atoms with van der Waals surface area (Å²) >= 11 is 0. The normalized spacial score (nSPS) is 23.7. The minimum Gasteiger partial charge on any atom is -0.478 e. The number of carboxylic acids is 1. The summed E-state index contributed by atoms with van der Waals surface area (Å²) in [5.74, 6) is -0.923. The topological polar surface area (TPSA) is 58.6 Å². The number of morpholine rings is 1. The number of aryl methyl sites for hydroxylation is 1. The highest BCUT2D eigenvalue weighted by Crippen LogP contribution is 2.35. The van der Waals surface area contributed by atoms with Crippen molar-refractivity contribution in [1.82, 2.24) is 5.32 Å². The largest absolute Gasteiger partial charge is 0.478 e. The van der Waals surface area contributed by atoms with Gasteiger partial charge in [-0.2, -0.15) is 0 Å². The molecule has 1 aliphatic heterocycles. The molecule has 2 aromatic rings. The third-order valence-corrected chi connectivity index (χ3v) is 4.59. The van der Waals surface area contributed by atoms with Crippen molar-refractivity contribution >= 4 is 12.0 Å². The van der Waals surface area contributed by atoms with Crippen molar-refractivity contribution < 1.29 is 14.6 Å². The molecule has 0 saturated carbocycles. The van der Waals surface area contributed by atoms with Crippen LogP contribution >= 0.6 is 0 Å². The predicted octanol–water partition coefficient (Wildman–Crippen LogP) is 3.83. The molecule has 1 heterocycles. The van der Waals surface area contributed by atoms with E-state index in [1.54, 1.807) is 12.1 Å². The molecule has 130 valence electrons. The summed E-state index contributed by atoms with van der Waals surface area (Å²) in [5.41, 5.74) is 2.71. The Morgan fingerprint density at radius 3 is 2.84 bits per heavy atom. The molecule has 2 N–H and O–H groups in total. The van der Waals surface area contributed by atoms with E-state index in [0.717, 1.165) is 11.1 Å². The van der Waals surface area contributed by atoms with Crippen LogP contribution in [0.3, 0.4) is 0 Å². The SMILES string of the molecule is Cc1cccc(C=CC2(C)OCCNC2c2ccccc2C(=O)O)c1. The predicted molar refractivity (Wildman–Crippen MR) is 98.7 cm³/mol. The number of carbonyl (C=O) groups is 1. The van der Waals surface area contributed by atoms with Crippen LogP contribution in [0, 0.1) is 6.92 Å². The maximum atomic E-state index is 11.6. The minimum absolute atomic E-state index is 0.227. The molecule has 0 aromatic heterocycles. The lowest BCUT2D eigenvalue weighted by Gasteiger charge is -2.41.